The molecule has 35 heavy (non-hydrogen) atoms. The Labute approximate surface area is 211 Å². The number of methoxy groups -OCH3 is 1. The number of nitrogen functional groups attached to an aromatic ring is 1. The molecule has 194 valence electrons. The Morgan fingerprint density at radius 1 is 1.00 bits per heavy atom. The van der Waals surface area contributed by atoms with E-state index in [2.05, 4.69) is 24.1 Å². The van der Waals surface area contributed by atoms with Gasteiger partial charge in [0.25, 0.3) is 5.91 Å². The van der Waals surface area contributed by atoms with Crippen LogP contribution in [0.15, 0.2) is 42.5 Å². The molecule has 0 saturated carbocycles. The summed E-state index contributed by atoms with van der Waals surface area (Å²) in [5.41, 5.74) is 5.92. The fourth-order valence-electron chi connectivity index (χ4n) is 3.87. The smallest absolute Gasteiger partial charge is 0.340 e. The van der Waals surface area contributed by atoms with Gasteiger partial charge < -0.3 is 25.3 Å². The zero-order chi connectivity index (χ0) is 26.4. The topological polar surface area (TPSA) is 99.9 Å². The normalized spacial score (nSPS) is 12.6. The van der Waals surface area contributed by atoms with Gasteiger partial charge in [-0.15, -0.1) is 0 Å². The lowest BCUT2D eigenvalue weighted by Gasteiger charge is -2.36. The van der Waals surface area contributed by atoms with E-state index in [9.17, 15) is 9.59 Å². The molecule has 3 N–H and O–H groups in total. The maximum absolute atomic E-state index is 12.7. The van der Waals surface area contributed by atoms with Crippen LogP contribution in [-0.4, -0.2) is 61.3 Å². The summed E-state index contributed by atoms with van der Waals surface area (Å²) in [5.74, 6) is 0.961. The SMILES string of the molecule is COc1cc(N)c(C(=O)OCCS(C)(C)C)cc1OC(C)(C)CC(C)(C)NC(=O)c1ccccc1. The summed E-state index contributed by atoms with van der Waals surface area (Å²) in [6.45, 7) is 8.06. The van der Waals surface area contributed by atoms with Crippen LogP contribution in [0.3, 0.4) is 0 Å². The number of hydrogen-bond donors (Lipinski definition) is 2. The highest BCUT2D eigenvalue weighted by atomic mass is 32.3. The van der Waals surface area contributed by atoms with E-state index in [1.54, 1.807) is 24.3 Å². The van der Waals surface area contributed by atoms with Crippen LogP contribution in [-0.2, 0) is 4.74 Å². The van der Waals surface area contributed by atoms with Gasteiger partial charge in [0.1, 0.15) is 5.60 Å². The van der Waals surface area contributed by atoms with Crippen LogP contribution in [0.1, 0.15) is 54.8 Å². The second-order valence-corrected chi connectivity index (χ2v) is 15.4. The van der Waals surface area contributed by atoms with Gasteiger partial charge in [-0.25, -0.2) is 14.8 Å². The predicted octanol–water partition coefficient (Wildman–Crippen LogP) is 4.88. The Kier molecular flexibility index (Phi) is 9.11. The lowest BCUT2D eigenvalue weighted by atomic mass is 9.89. The zero-order valence-electron chi connectivity index (χ0n) is 22.2. The lowest BCUT2D eigenvalue weighted by Crippen LogP contribution is -2.49. The van der Waals surface area contributed by atoms with E-state index in [-0.39, 0.29) is 17.2 Å². The average Bonchev–Trinajstić information content (AvgIpc) is 2.72. The van der Waals surface area contributed by atoms with E-state index in [0.29, 0.717) is 30.1 Å². The summed E-state index contributed by atoms with van der Waals surface area (Å²) in [6, 6.07) is 12.2. The van der Waals surface area contributed by atoms with Gasteiger partial charge in [0.15, 0.2) is 11.5 Å². The summed E-state index contributed by atoms with van der Waals surface area (Å²) < 4.78 is 17.2. The second-order valence-electron chi connectivity index (χ2n) is 10.8. The number of nitrogens with one attached hydrogen (secondary N) is 1. The fourth-order valence-corrected chi connectivity index (χ4v) is 4.45. The van der Waals surface area contributed by atoms with E-state index in [1.165, 1.54) is 7.11 Å². The maximum atomic E-state index is 12.7. The molecule has 0 spiro atoms. The van der Waals surface area contributed by atoms with Crippen molar-refractivity contribution < 1.29 is 23.8 Å². The Hall–Kier alpha value is -2.87. The number of hydrogen-bond acceptors (Lipinski definition) is 6. The third kappa shape index (κ3) is 9.02. The van der Waals surface area contributed by atoms with Gasteiger partial charge in [0.2, 0.25) is 0 Å². The largest absolute Gasteiger partial charge is 0.493 e. The molecular weight excluding hydrogens is 464 g/mol. The van der Waals surface area contributed by atoms with Crippen LogP contribution in [0.25, 0.3) is 0 Å². The van der Waals surface area contributed by atoms with Crippen molar-refractivity contribution >= 4 is 27.6 Å². The van der Waals surface area contributed by atoms with Crippen molar-refractivity contribution in [3.8, 4) is 11.5 Å². The molecule has 0 heterocycles. The molecule has 2 rings (SSSR count). The molecule has 2 aromatic carbocycles. The summed E-state index contributed by atoms with van der Waals surface area (Å²) in [5, 5.41) is 3.07. The van der Waals surface area contributed by atoms with Crippen molar-refractivity contribution in [1.29, 1.82) is 0 Å². The minimum Gasteiger partial charge on any atom is -0.493 e. The van der Waals surface area contributed by atoms with Crippen LogP contribution < -0.4 is 20.5 Å². The highest BCUT2D eigenvalue weighted by molar-refractivity contribution is 8.32. The molecule has 1 amide bonds. The first-order chi connectivity index (χ1) is 16.1. The quantitative estimate of drug-likeness (QED) is 0.334. The molecule has 0 aromatic heterocycles. The van der Waals surface area contributed by atoms with Gasteiger partial charge in [0.05, 0.1) is 25.0 Å². The second kappa shape index (κ2) is 11.2. The zero-order valence-corrected chi connectivity index (χ0v) is 23.0. The monoisotopic (exact) mass is 504 g/mol. The highest BCUT2D eigenvalue weighted by Crippen LogP contribution is 2.37. The number of benzene rings is 2. The lowest BCUT2D eigenvalue weighted by molar-refractivity contribution is 0.0517. The van der Waals surface area contributed by atoms with Crippen LogP contribution in [0.2, 0.25) is 0 Å². The number of rotatable bonds is 11. The first-order valence-electron chi connectivity index (χ1n) is 11.5. The third-order valence-corrected chi connectivity index (χ3v) is 6.62. The molecule has 8 heteroatoms. The van der Waals surface area contributed by atoms with Gasteiger partial charge in [0, 0.05) is 35.4 Å². The van der Waals surface area contributed by atoms with Gasteiger partial charge in [-0.2, -0.15) is 0 Å². The van der Waals surface area contributed by atoms with Gasteiger partial charge in [-0.1, -0.05) is 18.2 Å². The highest BCUT2D eigenvalue weighted by Gasteiger charge is 2.33. The van der Waals surface area contributed by atoms with E-state index >= 15 is 0 Å². The minimum absolute atomic E-state index is 0.154. The first kappa shape index (κ1) is 28.4. The first-order valence-corrected chi connectivity index (χ1v) is 14.5. The van der Waals surface area contributed by atoms with Gasteiger partial charge in [-0.05, 0) is 58.6 Å². The van der Waals surface area contributed by atoms with Crippen molar-refractivity contribution in [3.63, 3.8) is 0 Å². The van der Waals surface area contributed by atoms with E-state index < -0.39 is 27.1 Å². The summed E-state index contributed by atoms with van der Waals surface area (Å²) in [6.07, 6.45) is 6.99. The van der Waals surface area contributed by atoms with E-state index in [4.69, 9.17) is 19.9 Å². The molecule has 0 aliphatic rings. The number of ether oxygens (including phenoxy) is 3. The Bertz CT molecular complexity index is 1030. The predicted molar refractivity (Wildman–Crippen MR) is 145 cm³/mol. The van der Waals surface area contributed by atoms with Crippen LogP contribution in [0, 0.1) is 0 Å². The van der Waals surface area contributed by atoms with Crippen molar-refractivity contribution in [3.05, 3.63) is 53.6 Å². The molecule has 0 radical (unpaired) electrons. The molecule has 2 aromatic rings. The van der Waals surface area contributed by atoms with Crippen LogP contribution in [0.4, 0.5) is 5.69 Å². The van der Waals surface area contributed by atoms with Crippen molar-refractivity contribution in [2.24, 2.45) is 0 Å². The number of esters is 1. The number of amides is 1. The molecule has 0 aliphatic heterocycles. The van der Waals surface area contributed by atoms with Crippen LogP contribution >= 0.6 is 10.0 Å². The van der Waals surface area contributed by atoms with Crippen molar-refractivity contribution in [2.45, 2.75) is 45.3 Å². The van der Waals surface area contributed by atoms with Crippen LogP contribution in [0.5, 0.6) is 11.5 Å². The molecule has 0 atom stereocenters. The number of nitrogens with two attached hydrogens (primary N) is 1. The van der Waals surface area contributed by atoms with E-state index in [0.717, 1.165) is 5.75 Å². The molecule has 0 aliphatic carbocycles. The van der Waals surface area contributed by atoms with Gasteiger partial charge >= 0.3 is 5.97 Å². The standard InChI is InChI=1S/C27H40N2O5S/c1-26(2,29-24(30)19-12-10-9-11-13-19)18-27(3,4)34-23-16-20(21(28)17-22(23)32-5)25(31)33-14-15-35(6,7)8/h9-13,16-17H,14-15,18,28H2,1-8H3,(H,29,30). The number of anilines is 1. The van der Waals surface area contributed by atoms with Crippen molar-refractivity contribution in [2.75, 3.05) is 44.0 Å². The average molecular weight is 505 g/mol. The fraction of sp³-hybridized carbons (Fsp3) is 0.481. The number of carbonyl (C=O) groups excluding carboxylic acids is 2. The minimum atomic E-state index is -0.782. The third-order valence-electron chi connectivity index (χ3n) is 5.23. The Balaban J connectivity index is 2.17. The Morgan fingerprint density at radius 3 is 2.20 bits per heavy atom. The maximum Gasteiger partial charge on any atom is 0.340 e. The summed E-state index contributed by atoms with van der Waals surface area (Å²) in [7, 11) is 0.735. The molecule has 0 fully saturated rings. The molecule has 0 saturated heterocycles. The van der Waals surface area contributed by atoms with Gasteiger partial charge in [-0.3, -0.25) is 4.79 Å². The molecular formula is C27H40N2O5S. The molecule has 0 bridgehead atoms. The summed E-state index contributed by atoms with van der Waals surface area (Å²) >= 11 is 0. The molecule has 0 unspecified atom stereocenters. The number of carbonyl (C=O) groups is 2. The molecule has 7 nitrogen and oxygen atoms in total. The summed E-state index contributed by atoms with van der Waals surface area (Å²) in [4.78, 5) is 25.4. The Morgan fingerprint density at radius 2 is 1.63 bits per heavy atom. The van der Waals surface area contributed by atoms with E-state index in [1.807, 2.05) is 45.9 Å². The van der Waals surface area contributed by atoms with Crippen molar-refractivity contribution in [1.82, 2.24) is 5.32 Å².